The maximum atomic E-state index is 4.52. The van der Waals surface area contributed by atoms with E-state index in [1.54, 1.807) is 6.20 Å². The lowest BCUT2D eigenvalue weighted by Gasteiger charge is -2.07. The Labute approximate surface area is 116 Å². The lowest BCUT2D eigenvalue weighted by Crippen LogP contribution is -2.05. The molecule has 0 radical (unpaired) electrons. The molecule has 0 saturated heterocycles. The zero-order valence-electron chi connectivity index (χ0n) is 11.8. The molecule has 0 bridgehead atoms. The third-order valence-electron chi connectivity index (χ3n) is 3.51. The average Bonchev–Trinajstić information content (AvgIpc) is 3.02. The first-order chi connectivity index (χ1) is 9.70. The van der Waals surface area contributed by atoms with Gasteiger partial charge in [0.15, 0.2) is 5.65 Å². The fourth-order valence-electron chi connectivity index (χ4n) is 2.38. The van der Waals surface area contributed by atoms with Crippen LogP contribution >= 0.6 is 0 Å². The van der Waals surface area contributed by atoms with Crippen LogP contribution in [0.3, 0.4) is 0 Å². The molecule has 0 fully saturated rings. The highest BCUT2D eigenvalue weighted by Gasteiger charge is 2.11. The Morgan fingerprint density at radius 1 is 1.30 bits per heavy atom. The zero-order valence-corrected chi connectivity index (χ0v) is 11.8. The quantitative estimate of drug-likeness (QED) is 0.756. The van der Waals surface area contributed by atoms with Gasteiger partial charge in [-0.1, -0.05) is 0 Å². The van der Waals surface area contributed by atoms with E-state index in [1.165, 1.54) is 17.6 Å². The second-order valence-corrected chi connectivity index (χ2v) is 4.67. The molecule has 0 saturated carbocycles. The third kappa shape index (κ3) is 2.01. The fourth-order valence-corrected chi connectivity index (χ4v) is 2.38. The Bertz CT molecular complexity index is 740. The molecule has 3 heterocycles. The summed E-state index contributed by atoms with van der Waals surface area (Å²) >= 11 is 0. The Hall–Kier alpha value is -2.44. The van der Waals surface area contributed by atoms with Crippen molar-refractivity contribution in [2.24, 2.45) is 0 Å². The van der Waals surface area contributed by atoms with Gasteiger partial charge in [-0.05, 0) is 20.8 Å². The smallest absolute Gasteiger partial charge is 0.160 e. The Kier molecular flexibility index (Phi) is 3.09. The Morgan fingerprint density at radius 3 is 2.90 bits per heavy atom. The summed E-state index contributed by atoms with van der Waals surface area (Å²) in [5, 5.41) is 15.6. The number of rotatable bonds is 4. The molecular formula is C13H17N7. The van der Waals surface area contributed by atoms with Crippen LogP contribution < -0.4 is 5.32 Å². The predicted molar refractivity (Wildman–Crippen MR) is 76.4 cm³/mol. The minimum atomic E-state index is 0.689. The molecule has 20 heavy (non-hydrogen) atoms. The van der Waals surface area contributed by atoms with Crippen LogP contribution in [-0.4, -0.2) is 29.9 Å². The summed E-state index contributed by atoms with van der Waals surface area (Å²) in [4.78, 5) is 8.39. The van der Waals surface area contributed by atoms with E-state index in [0.29, 0.717) is 6.54 Å². The number of hydrogen-bond donors (Lipinski definition) is 2. The van der Waals surface area contributed by atoms with Gasteiger partial charge in [0.2, 0.25) is 0 Å². The first-order valence-corrected chi connectivity index (χ1v) is 6.61. The summed E-state index contributed by atoms with van der Waals surface area (Å²) in [6, 6.07) is 0. The van der Waals surface area contributed by atoms with Crippen molar-refractivity contribution in [3.8, 4) is 0 Å². The molecule has 0 aliphatic carbocycles. The van der Waals surface area contributed by atoms with Crippen molar-refractivity contribution in [3.05, 3.63) is 29.5 Å². The van der Waals surface area contributed by atoms with Gasteiger partial charge in [-0.25, -0.2) is 9.97 Å². The van der Waals surface area contributed by atoms with Gasteiger partial charge in [-0.3, -0.25) is 9.78 Å². The van der Waals surface area contributed by atoms with Gasteiger partial charge in [0.25, 0.3) is 0 Å². The van der Waals surface area contributed by atoms with Crippen molar-refractivity contribution in [1.82, 2.24) is 29.9 Å². The van der Waals surface area contributed by atoms with Crippen LogP contribution in [0.1, 0.15) is 23.9 Å². The van der Waals surface area contributed by atoms with Crippen molar-refractivity contribution in [3.63, 3.8) is 0 Å². The highest BCUT2D eigenvalue weighted by Crippen LogP contribution is 2.19. The summed E-state index contributed by atoms with van der Waals surface area (Å²) < 4.78 is 2.01. The molecule has 0 aliphatic heterocycles. The van der Waals surface area contributed by atoms with Crippen LogP contribution in [0.15, 0.2) is 12.5 Å². The lowest BCUT2D eigenvalue weighted by molar-refractivity contribution is 0.633. The Morgan fingerprint density at radius 2 is 2.15 bits per heavy atom. The molecule has 7 heteroatoms. The molecule has 3 aromatic heterocycles. The molecule has 2 N–H and O–H groups in total. The van der Waals surface area contributed by atoms with E-state index in [0.717, 1.165) is 29.1 Å². The topological polar surface area (TPSA) is 84.3 Å². The molecular weight excluding hydrogens is 254 g/mol. The fraction of sp³-hybridized carbons (Fsp3) is 0.385. The molecule has 0 aliphatic rings. The molecule has 104 valence electrons. The summed E-state index contributed by atoms with van der Waals surface area (Å²) in [6.45, 7) is 7.79. The Balaban J connectivity index is 1.86. The van der Waals surface area contributed by atoms with Crippen LogP contribution in [0.5, 0.6) is 0 Å². The first kappa shape index (κ1) is 12.6. The van der Waals surface area contributed by atoms with E-state index in [-0.39, 0.29) is 0 Å². The van der Waals surface area contributed by atoms with E-state index < -0.39 is 0 Å². The van der Waals surface area contributed by atoms with Crippen molar-refractivity contribution in [1.29, 1.82) is 0 Å². The van der Waals surface area contributed by atoms with Crippen molar-refractivity contribution in [2.75, 3.05) is 5.32 Å². The summed E-state index contributed by atoms with van der Waals surface area (Å²) in [5.74, 6) is 0.784. The molecule has 7 nitrogen and oxygen atoms in total. The lowest BCUT2D eigenvalue weighted by atomic mass is 10.2. The number of aryl methyl sites for hydroxylation is 2. The maximum absolute atomic E-state index is 4.52. The monoisotopic (exact) mass is 271 g/mol. The summed E-state index contributed by atoms with van der Waals surface area (Å²) in [7, 11) is 0. The number of H-pyrrole nitrogens is 1. The minimum Gasteiger partial charge on any atom is -0.365 e. The third-order valence-corrected chi connectivity index (χ3v) is 3.51. The zero-order chi connectivity index (χ0) is 14.1. The van der Waals surface area contributed by atoms with Crippen molar-refractivity contribution in [2.45, 2.75) is 33.9 Å². The highest BCUT2D eigenvalue weighted by molar-refractivity contribution is 5.85. The normalized spacial score (nSPS) is 11.2. The van der Waals surface area contributed by atoms with Crippen LogP contribution in [0.2, 0.25) is 0 Å². The van der Waals surface area contributed by atoms with E-state index in [4.69, 9.17) is 0 Å². The molecule has 0 spiro atoms. The predicted octanol–water partition coefficient (Wildman–Crippen LogP) is 1.80. The molecule has 0 aromatic carbocycles. The number of nitrogens with zero attached hydrogens (tertiary/aromatic N) is 5. The molecule has 0 atom stereocenters. The largest absolute Gasteiger partial charge is 0.365 e. The van der Waals surface area contributed by atoms with Gasteiger partial charge in [0.1, 0.15) is 12.1 Å². The van der Waals surface area contributed by atoms with Crippen LogP contribution in [0, 0.1) is 13.8 Å². The van der Waals surface area contributed by atoms with Gasteiger partial charge in [-0.2, -0.15) is 10.2 Å². The number of nitrogens with one attached hydrogen (secondary N) is 2. The first-order valence-electron chi connectivity index (χ1n) is 6.61. The number of anilines is 1. The summed E-state index contributed by atoms with van der Waals surface area (Å²) in [5.41, 5.74) is 4.19. The molecule has 0 unspecified atom stereocenters. The molecule has 0 amide bonds. The van der Waals surface area contributed by atoms with Crippen molar-refractivity contribution >= 4 is 16.9 Å². The number of aromatic nitrogens is 6. The van der Waals surface area contributed by atoms with Crippen LogP contribution in [-0.2, 0) is 13.1 Å². The average molecular weight is 271 g/mol. The SMILES string of the molecule is CCn1nc(C)c(CNc2ncnc3[nH]ncc23)c1C. The van der Waals surface area contributed by atoms with Gasteiger partial charge >= 0.3 is 0 Å². The van der Waals surface area contributed by atoms with Crippen LogP contribution in [0.25, 0.3) is 11.0 Å². The molecule has 3 aromatic rings. The number of aromatic amines is 1. The van der Waals surface area contributed by atoms with E-state index in [2.05, 4.69) is 44.4 Å². The molecule has 3 rings (SSSR count). The highest BCUT2D eigenvalue weighted by atomic mass is 15.3. The van der Waals surface area contributed by atoms with E-state index in [9.17, 15) is 0 Å². The van der Waals surface area contributed by atoms with Gasteiger partial charge in [-0.15, -0.1) is 0 Å². The second kappa shape index (κ2) is 4.92. The second-order valence-electron chi connectivity index (χ2n) is 4.67. The number of fused-ring (bicyclic) bond motifs is 1. The van der Waals surface area contributed by atoms with Crippen LogP contribution in [0.4, 0.5) is 5.82 Å². The van der Waals surface area contributed by atoms with E-state index in [1.807, 2.05) is 11.6 Å². The van der Waals surface area contributed by atoms with Gasteiger partial charge in [0, 0.05) is 24.3 Å². The number of hydrogen-bond acceptors (Lipinski definition) is 5. The van der Waals surface area contributed by atoms with Crippen molar-refractivity contribution < 1.29 is 0 Å². The minimum absolute atomic E-state index is 0.689. The van der Waals surface area contributed by atoms with Gasteiger partial charge in [0.05, 0.1) is 17.3 Å². The standard InChI is InChI=1S/C13H17N7/c1-4-20-9(3)10(8(2)19-20)5-14-12-11-6-17-18-13(11)16-7-15-12/h6-7H,4-5H2,1-3H3,(H2,14,15,16,17,18). The maximum Gasteiger partial charge on any atom is 0.160 e. The van der Waals surface area contributed by atoms with E-state index >= 15 is 0 Å². The van der Waals surface area contributed by atoms with Gasteiger partial charge < -0.3 is 5.32 Å². The summed E-state index contributed by atoms with van der Waals surface area (Å²) in [6.07, 6.45) is 3.25.